The molecule has 0 spiro atoms. The number of benzene rings is 2. The molecule has 2 amide bonds. The number of rotatable bonds is 8. The molecule has 2 bridgehead atoms. The zero-order valence-corrected chi connectivity index (χ0v) is 25.0. The van der Waals surface area contributed by atoms with Crippen molar-refractivity contribution in [3.8, 4) is 0 Å². The molecule has 2 aromatic carbocycles. The first-order chi connectivity index (χ1) is 19.4. The van der Waals surface area contributed by atoms with Gasteiger partial charge in [0.15, 0.2) is 27.3 Å². The monoisotopic (exact) mass is 630 g/mol. The first kappa shape index (κ1) is 32.2. The summed E-state index contributed by atoms with van der Waals surface area (Å²) in [7, 11) is -4.10. The van der Waals surface area contributed by atoms with Crippen molar-refractivity contribution in [2.75, 3.05) is 11.9 Å². The van der Waals surface area contributed by atoms with Crippen LogP contribution in [0.4, 0.5) is 18.9 Å². The number of amides is 2. The molecule has 4 rings (SSSR count). The van der Waals surface area contributed by atoms with Crippen LogP contribution in [0.1, 0.15) is 63.2 Å². The van der Waals surface area contributed by atoms with Gasteiger partial charge in [-0.1, -0.05) is 32.4 Å². The molecule has 230 valence electrons. The number of sulfone groups is 1. The zero-order valence-electron chi connectivity index (χ0n) is 23.4. The predicted octanol–water partition coefficient (Wildman–Crippen LogP) is 4.62. The van der Waals surface area contributed by atoms with Crippen LogP contribution in [0.3, 0.4) is 0 Å². The molecule has 0 aliphatic heterocycles. The highest BCUT2D eigenvalue weighted by Crippen LogP contribution is 2.54. The van der Waals surface area contributed by atoms with Crippen LogP contribution in [-0.2, 0) is 14.6 Å². The number of fused-ring (bicyclic) bond motifs is 2. The second-order valence-electron chi connectivity index (χ2n) is 12.3. The Morgan fingerprint density at radius 3 is 2.19 bits per heavy atom. The largest absolute Gasteiger partial charge is 0.391 e. The van der Waals surface area contributed by atoms with E-state index in [4.69, 9.17) is 11.6 Å². The van der Waals surface area contributed by atoms with Gasteiger partial charge in [-0.25, -0.2) is 21.6 Å². The van der Waals surface area contributed by atoms with Crippen molar-refractivity contribution in [2.24, 2.45) is 17.3 Å². The fraction of sp³-hybridized carbons (Fsp3) is 0.517. The van der Waals surface area contributed by atoms with Gasteiger partial charge < -0.3 is 20.8 Å². The summed E-state index contributed by atoms with van der Waals surface area (Å²) >= 11 is 6.26. The molecule has 42 heavy (non-hydrogen) atoms. The lowest BCUT2D eigenvalue weighted by molar-refractivity contribution is -0.129. The van der Waals surface area contributed by atoms with E-state index in [1.807, 2.05) is 0 Å². The predicted molar refractivity (Wildman–Crippen MR) is 150 cm³/mol. The van der Waals surface area contributed by atoms with Crippen molar-refractivity contribution in [2.45, 2.75) is 74.7 Å². The SMILES string of the molecule is CC(C)(C)C(=O)NCC(O)C[C@]1(O)C2CCC1C[C@@H](S(=O)(=O)c1cc(C(=O)Nc3cc(F)c(F)c(F)c3)ccc1Cl)C2. The van der Waals surface area contributed by atoms with Crippen molar-refractivity contribution in [1.29, 1.82) is 0 Å². The Hall–Kier alpha value is -2.67. The van der Waals surface area contributed by atoms with E-state index in [9.17, 15) is 41.4 Å². The Morgan fingerprint density at radius 2 is 1.64 bits per heavy atom. The van der Waals surface area contributed by atoms with E-state index in [-0.39, 0.29) is 52.9 Å². The fourth-order valence-electron chi connectivity index (χ4n) is 6.00. The highest BCUT2D eigenvalue weighted by Gasteiger charge is 2.56. The summed E-state index contributed by atoms with van der Waals surface area (Å²) in [6.07, 6.45) is 0.310. The van der Waals surface area contributed by atoms with Crippen LogP contribution in [0, 0.1) is 34.7 Å². The Bertz CT molecular complexity index is 1460. The highest BCUT2D eigenvalue weighted by molar-refractivity contribution is 7.92. The van der Waals surface area contributed by atoms with Crippen LogP contribution in [0.2, 0.25) is 5.02 Å². The van der Waals surface area contributed by atoms with Gasteiger partial charge in [0.2, 0.25) is 5.91 Å². The first-order valence-corrected chi connectivity index (χ1v) is 15.5. The number of halogens is 4. The van der Waals surface area contributed by atoms with E-state index in [0.717, 1.165) is 6.07 Å². The van der Waals surface area contributed by atoms with Crippen molar-refractivity contribution in [3.63, 3.8) is 0 Å². The Kier molecular flexibility index (Phi) is 9.05. The Morgan fingerprint density at radius 1 is 1.07 bits per heavy atom. The quantitative estimate of drug-likeness (QED) is 0.315. The summed E-state index contributed by atoms with van der Waals surface area (Å²) in [5, 5.41) is 26.0. The molecule has 0 aromatic heterocycles. The molecule has 3 atom stereocenters. The number of carbonyl (C=O) groups is 2. The van der Waals surface area contributed by atoms with Gasteiger partial charge in [0, 0.05) is 41.8 Å². The lowest BCUT2D eigenvalue weighted by atomic mass is 9.71. The van der Waals surface area contributed by atoms with Crippen molar-refractivity contribution >= 4 is 38.9 Å². The maximum atomic E-state index is 13.8. The van der Waals surface area contributed by atoms with Crippen molar-refractivity contribution < 1.29 is 41.4 Å². The fourth-order valence-corrected chi connectivity index (χ4v) is 8.40. The van der Waals surface area contributed by atoms with Gasteiger partial charge in [0.25, 0.3) is 5.91 Å². The standard InChI is InChI=1S/C29H34ClF3N2O6S/c1-28(2,3)27(38)34-14-19(36)13-29(39)16-5-6-17(29)10-20(9-16)42(40,41)24-8-15(4-7-21(24)30)26(37)35-18-11-22(31)25(33)23(32)12-18/h4,7-8,11-12,16-17,19-20,36,39H,5-6,9-10,13-14H2,1-3H3,(H,34,38)(H,35,37)/t16?,17?,19?,20-,29-. The summed E-state index contributed by atoms with van der Waals surface area (Å²) in [5.41, 5.74) is -2.46. The molecular weight excluding hydrogens is 597 g/mol. The number of carbonyl (C=O) groups excluding carboxylic acids is 2. The normalized spacial score (nSPS) is 24.7. The van der Waals surface area contributed by atoms with Gasteiger partial charge in [-0.15, -0.1) is 0 Å². The summed E-state index contributed by atoms with van der Waals surface area (Å²) in [6.45, 7) is 5.19. The van der Waals surface area contributed by atoms with E-state index in [1.54, 1.807) is 20.8 Å². The summed E-state index contributed by atoms with van der Waals surface area (Å²) < 4.78 is 67.9. The van der Waals surface area contributed by atoms with Gasteiger partial charge in [-0.05, 0) is 55.7 Å². The third-order valence-corrected chi connectivity index (χ3v) is 10.9. The molecule has 2 saturated carbocycles. The maximum Gasteiger partial charge on any atom is 0.255 e. The molecule has 2 aliphatic rings. The maximum absolute atomic E-state index is 13.8. The van der Waals surface area contributed by atoms with Crippen LogP contribution in [0.5, 0.6) is 0 Å². The molecule has 2 aliphatic carbocycles. The van der Waals surface area contributed by atoms with Crippen LogP contribution in [0.25, 0.3) is 0 Å². The molecule has 0 heterocycles. The summed E-state index contributed by atoms with van der Waals surface area (Å²) in [5.74, 6) is -6.66. The van der Waals surface area contributed by atoms with Gasteiger partial charge >= 0.3 is 0 Å². The van der Waals surface area contributed by atoms with Crippen molar-refractivity contribution in [3.05, 3.63) is 58.4 Å². The summed E-state index contributed by atoms with van der Waals surface area (Å²) in [6, 6.07) is 4.74. The van der Waals surface area contributed by atoms with E-state index in [2.05, 4.69) is 10.6 Å². The lowest BCUT2D eigenvalue weighted by Crippen LogP contribution is -2.51. The molecule has 0 saturated heterocycles. The zero-order chi connectivity index (χ0) is 31.2. The Balaban J connectivity index is 1.48. The van der Waals surface area contributed by atoms with Crippen molar-refractivity contribution in [1.82, 2.24) is 5.32 Å². The van der Waals surface area contributed by atoms with E-state index in [0.29, 0.717) is 25.0 Å². The molecule has 2 aromatic rings. The molecule has 8 nitrogen and oxygen atoms in total. The topological polar surface area (TPSA) is 133 Å². The summed E-state index contributed by atoms with van der Waals surface area (Å²) in [4.78, 5) is 24.6. The highest BCUT2D eigenvalue weighted by atomic mass is 35.5. The third-order valence-electron chi connectivity index (χ3n) is 8.29. The third kappa shape index (κ3) is 6.46. The van der Waals surface area contributed by atoms with E-state index in [1.165, 1.54) is 12.1 Å². The van der Waals surface area contributed by atoms with Gasteiger partial charge in [0.1, 0.15) is 0 Å². The number of anilines is 1. The minimum Gasteiger partial charge on any atom is -0.391 e. The van der Waals surface area contributed by atoms with Gasteiger partial charge in [-0.2, -0.15) is 0 Å². The van der Waals surface area contributed by atoms with Gasteiger partial charge in [0.05, 0.1) is 26.9 Å². The lowest BCUT2D eigenvalue weighted by Gasteiger charge is -2.43. The van der Waals surface area contributed by atoms with Crippen LogP contribution in [-0.4, -0.2) is 53.9 Å². The smallest absolute Gasteiger partial charge is 0.255 e. The second kappa shape index (κ2) is 11.8. The minimum atomic E-state index is -4.10. The van der Waals surface area contributed by atoms with Crippen LogP contribution in [0.15, 0.2) is 35.2 Å². The minimum absolute atomic E-state index is 0.0134. The molecule has 3 unspecified atom stereocenters. The number of hydrogen-bond donors (Lipinski definition) is 4. The Labute approximate surface area is 247 Å². The molecule has 0 radical (unpaired) electrons. The number of aliphatic hydroxyl groups is 2. The van der Waals surface area contributed by atoms with Gasteiger partial charge in [-0.3, -0.25) is 9.59 Å². The number of hydrogen-bond acceptors (Lipinski definition) is 6. The first-order valence-electron chi connectivity index (χ1n) is 13.6. The number of nitrogens with one attached hydrogen (secondary N) is 2. The number of aliphatic hydroxyl groups excluding tert-OH is 1. The molecule has 2 fully saturated rings. The molecule has 4 N–H and O–H groups in total. The van der Waals surface area contributed by atoms with Crippen LogP contribution < -0.4 is 10.6 Å². The van der Waals surface area contributed by atoms with E-state index >= 15 is 0 Å². The molecule has 13 heteroatoms. The van der Waals surface area contributed by atoms with Crippen LogP contribution >= 0.6 is 11.6 Å². The van der Waals surface area contributed by atoms with E-state index < -0.39 is 67.4 Å². The molecular formula is C29H34ClF3N2O6S. The average molecular weight is 631 g/mol. The second-order valence-corrected chi connectivity index (χ2v) is 14.9. The average Bonchev–Trinajstić information content (AvgIpc) is 3.05.